The van der Waals surface area contributed by atoms with Crippen LogP contribution in [0.5, 0.6) is 0 Å². The third-order valence-electron chi connectivity index (χ3n) is 4.68. The first-order valence-corrected chi connectivity index (χ1v) is 8.79. The Morgan fingerprint density at radius 1 is 1.22 bits per heavy atom. The van der Waals surface area contributed by atoms with Gasteiger partial charge in [0.15, 0.2) is 0 Å². The van der Waals surface area contributed by atoms with Gasteiger partial charge < -0.3 is 9.64 Å². The van der Waals surface area contributed by atoms with E-state index in [4.69, 9.17) is 4.74 Å². The molecular formula is C20H21F3N2O2. The molecule has 1 aromatic heterocycles. The molecule has 0 bridgehead atoms. The van der Waals surface area contributed by atoms with Crippen LogP contribution in [-0.4, -0.2) is 36.1 Å². The number of hydrogen-bond donors (Lipinski definition) is 0. The summed E-state index contributed by atoms with van der Waals surface area (Å²) in [5, 5.41) is 0. The van der Waals surface area contributed by atoms with E-state index < -0.39 is 11.7 Å². The van der Waals surface area contributed by atoms with Gasteiger partial charge in [0.2, 0.25) is 5.91 Å². The lowest BCUT2D eigenvalue weighted by Crippen LogP contribution is -2.33. The first-order valence-electron chi connectivity index (χ1n) is 8.79. The molecule has 1 aromatic carbocycles. The second-order valence-electron chi connectivity index (χ2n) is 6.60. The van der Waals surface area contributed by atoms with Crippen LogP contribution in [0.1, 0.15) is 41.4 Å². The predicted molar refractivity (Wildman–Crippen MR) is 94.1 cm³/mol. The highest BCUT2D eigenvalue weighted by atomic mass is 19.4. The number of likely N-dealkylation sites (tertiary alicyclic amines) is 1. The van der Waals surface area contributed by atoms with Crippen LogP contribution in [0, 0.1) is 0 Å². The molecule has 1 aliphatic heterocycles. The fraction of sp³-hybridized carbons (Fsp3) is 0.400. The highest BCUT2D eigenvalue weighted by molar-refractivity contribution is 5.78. The van der Waals surface area contributed by atoms with Gasteiger partial charge in [-0.05, 0) is 42.7 Å². The maximum Gasteiger partial charge on any atom is 0.416 e. The number of amides is 1. The van der Waals surface area contributed by atoms with E-state index in [1.54, 1.807) is 4.90 Å². The van der Waals surface area contributed by atoms with Crippen LogP contribution >= 0.6 is 0 Å². The van der Waals surface area contributed by atoms with Gasteiger partial charge in [0, 0.05) is 25.8 Å². The first-order chi connectivity index (χ1) is 12.9. The summed E-state index contributed by atoms with van der Waals surface area (Å²) in [7, 11) is 1.49. The number of halogens is 3. The summed E-state index contributed by atoms with van der Waals surface area (Å²) < 4.78 is 43.0. The second kappa shape index (κ2) is 8.08. The van der Waals surface area contributed by atoms with Crippen LogP contribution in [0.2, 0.25) is 0 Å². The number of nitrogens with zero attached hydrogens (tertiary/aromatic N) is 2. The highest BCUT2D eigenvalue weighted by Gasteiger charge is 2.31. The molecule has 144 valence electrons. The number of carbonyl (C=O) groups excluding carboxylic acids is 1. The standard InChI is InChI=1S/C20H21F3N2O2/c1-27-13-19(26)25-11-3-6-18(25)17-5-2-4-16(24-17)12-14-7-9-15(10-8-14)20(21,22)23/h2,4-5,7-10,18H,3,6,11-13H2,1H3/t18-/m0/s1. The minimum absolute atomic E-state index is 0.0434. The first kappa shape index (κ1) is 19.4. The molecule has 0 spiro atoms. The molecule has 0 radical (unpaired) electrons. The van der Waals surface area contributed by atoms with E-state index >= 15 is 0 Å². The van der Waals surface area contributed by atoms with E-state index in [2.05, 4.69) is 4.98 Å². The van der Waals surface area contributed by atoms with Crippen LogP contribution < -0.4 is 0 Å². The topological polar surface area (TPSA) is 42.4 Å². The number of aromatic nitrogens is 1. The summed E-state index contributed by atoms with van der Waals surface area (Å²) in [6.07, 6.45) is -2.15. The van der Waals surface area contributed by atoms with Gasteiger partial charge >= 0.3 is 6.18 Å². The molecule has 4 nitrogen and oxygen atoms in total. The Kier molecular flexibility index (Phi) is 5.79. The quantitative estimate of drug-likeness (QED) is 0.790. The summed E-state index contributed by atoms with van der Waals surface area (Å²) in [5.74, 6) is -0.0602. The highest BCUT2D eigenvalue weighted by Crippen LogP contribution is 2.32. The van der Waals surface area contributed by atoms with Crippen molar-refractivity contribution in [3.05, 3.63) is 65.0 Å². The number of pyridine rings is 1. The van der Waals surface area contributed by atoms with Gasteiger partial charge in [0.1, 0.15) is 6.61 Å². The molecule has 1 fully saturated rings. The fourth-order valence-corrected chi connectivity index (χ4v) is 3.38. The average molecular weight is 378 g/mol. The van der Waals surface area contributed by atoms with Crippen LogP contribution in [0.3, 0.4) is 0 Å². The van der Waals surface area contributed by atoms with E-state index in [0.29, 0.717) is 13.0 Å². The normalized spacial score (nSPS) is 17.3. The van der Waals surface area contributed by atoms with Crippen molar-refractivity contribution >= 4 is 5.91 Å². The summed E-state index contributed by atoms with van der Waals surface area (Å²) >= 11 is 0. The van der Waals surface area contributed by atoms with E-state index in [9.17, 15) is 18.0 Å². The Bertz CT molecular complexity index is 791. The molecule has 0 saturated carbocycles. The van der Waals surface area contributed by atoms with E-state index in [0.717, 1.165) is 41.9 Å². The smallest absolute Gasteiger partial charge is 0.375 e. The predicted octanol–water partition coefficient (Wildman–Crippen LogP) is 4.00. The zero-order chi connectivity index (χ0) is 19.4. The van der Waals surface area contributed by atoms with Crippen LogP contribution in [0.15, 0.2) is 42.5 Å². The second-order valence-corrected chi connectivity index (χ2v) is 6.60. The van der Waals surface area contributed by atoms with Gasteiger partial charge in [0.05, 0.1) is 17.3 Å². The molecule has 1 amide bonds. The van der Waals surface area contributed by atoms with Crippen molar-refractivity contribution < 1.29 is 22.7 Å². The number of alkyl halides is 3. The number of rotatable bonds is 5. The molecule has 0 unspecified atom stereocenters. The maximum absolute atomic E-state index is 12.7. The fourth-order valence-electron chi connectivity index (χ4n) is 3.38. The van der Waals surface area contributed by atoms with Crippen molar-refractivity contribution in [3.8, 4) is 0 Å². The lowest BCUT2D eigenvalue weighted by molar-refractivity contribution is -0.137. The van der Waals surface area contributed by atoms with Crippen molar-refractivity contribution in [3.63, 3.8) is 0 Å². The number of hydrogen-bond acceptors (Lipinski definition) is 3. The molecule has 0 aliphatic carbocycles. The molecule has 1 atom stereocenters. The summed E-state index contributed by atoms with van der Waals surface area (Å²) in [4.78, 5) is 18.6. The number of carbonyl (C=O) groups is 1. The lowest BCUT2D eigenvalue weighted by atomic mass is 10.1. The molecule has 0 N–H and O–H groups in total. The van der Waals surface area contributed by atoms with Gasteiger partial charge in [0.25, 0.3) is 0 Å². The Hall–Kier alpha value is -2.41. The van der Waals surface area contributed by atoms with E-state index in [-0.39, 0.29) is 18.6 Å². The van der Waals surface area contributed by atoms with E-state index in [1.807, 2.05) is 18.2 Å². The zero-order valence-corrected chi connectivity index (χ0v) is 15.0. The van der Waals surface area contributed by atoms with Crippen LogP contribution in [-0.2, 0) is 22.1 Å². The molecule has 7 heteroatoms. The minimum atomic E-state index is -4.34. The monoisotopic (exact) mass is 378 g/mol. The number of ether oxygens (including phenoxy) is 1. The lowest BCUT2D eigenvalue weighted by Gasteiger charge is -2.24. The largest absolute Gasteiger partial charge is 0.416 e. The number of methoxy groups -OCH3 is 1. The third-order valence-corrected chi connectivity index (χ3v) is 4.68. The van der Waals surface area contributed by atoms with Crippen LogP contribution in [0.25, 0.3) is 0 Å². The van der Waals surface area contributed by atoms with Crippen molar-refractivity contribution in [2.75, 3.05) is 20.3 Å². The zero-order valence-electron chi connectivity index (χ0n) is 15.0. The Balaban J connectivity index is 1.75. The van der Waals surface area contributed by atoms with Crippen molar-refractivity contribution in [1.82, 2.24) is 9.88 Å². The molecule has 1 aliphatic rings. The Morgan fingerprint density at radius 3 is 2.63 bits per heavy atom. The summed E-state index contributed by atoms with van der Waals surface area (Å²) in [6, 6.07) is 10.6. The SMILES string of the molecule is COCC(=O)N1CCC[C@H]1c1cccc(Cc2ccc(C(F)(F)F)cc2)n1. The minimum Gasteiger partial charge on any atom is -0.375 e. The third kappa shape index (κ3) is 4.66. The van der Waals surface area contributed by atoms with Gasteiger partial charge in [-0.15, -0.1) is 0 Å². The summed E-state index contributed by atoms with van der Waals surface area (Å²) in [6.45, 7) is 0.722. The van der Waals surface area contributed by atoms with Gasteiger partial charge in [-0.25, -0.2) is 0 Å². The van der Waals surface area contributed by atoms with Gasteiger partial charge in [-0.1, -0.05) is 18.2 Å². The van der Waals surface area contributed by atoms with E-state index in [1.165, 1.54) is 19.2 Å². The van der Waals surface area contributed by atoms with Crippen molar-refractivity contribution in [2.45, 2.75) is 31.5 Å². The van der Waals surface area contributed by atoms with Gasteiger partial charge in [-0.2, -0.15) is 13.2 Å². The molecule has 2 aromatic rings. The van der Waals surface area contributed by atoms with Gasteiger partial charge in [-0.3, -0.25) is 9.78 Å². The molecular weight excluding hydrogens is 357 g/mol. The van der Waals surface area contributed by atoms with Crippen LogP contribution in [0.4, 0.5) is 13.2 Å². The molecule has 1 saturated heterocycles. The number of benzene rings is 1. The van der Waals surface area contributed by atoms with Crippen molar-refractivity contribution in [1.29, 1.82) is 0 Å². The molecule has 3 rings (SSSR count). The maximum atomic E-state index is 12.7. The average Bonchev–Trinajstić information content (AvgIpc) is 3.12. The summed E-state index contributed by atoms with van der Waals surface area (Å²) in [5.41, 5.74) is 1.66. The molecule has 2 heterocycles. The van der Waals surface area contributed by atoms with Crippen molar-refractivity contribution in [2.24, 2.45) is 0 Å². The molecule has 27 heavy (non-hydrogen) atoms. The Morgan fingerprint density at radius 2 is 1.96 bits per heavy atom. The Labute approximate surface area is 156 Å².